The maximum absolute atomic E-state index is 5.25. The molecule has 0 unspecified atom stereocenters. The first-order chi connectivity index (χ1) is 11.8. The maximum Gasteiger partial charge on any atom is 0.272 e. The Labute approximate surface area is 146 Å². The fourth-order valence-corrected chi connectivity index (χ4v) is 2.97. The SMILES string of the molecule is COc1ccc(-c2nnc3nc(-c4ccccc4)cnn23)cc1Br. The molecule has 0 aliphatic carbocycles. The molecule has 0 aliphatic heterocycles. The van der Waals surface area contributed by atoms with Crippen LogP contribution in [0, 0.1) is 0 Å². The number of hydrogen-bond donors (Lipinski definition) is 0. The minimum absolute atomic E-state index is 0.457. The van der Waals surface area contributed by atoms with Gasteiger partial charge in [-0.3, -0.25) is 0 Å². The van der Waals surface area contributed by atoms with Crippen molar-refractivity contribution in [2.24, 2.45) is 0 Å². The molecule has 4 aromatic rings. The van der Waals surface area contributed by atoms with Crippen LogP contribution in [0.5, 0.6) is 5.75 Å². The van der Waals surface area contributed by atoms with E-state index in [0.29, 0.717) is 11.6 Å². The summed E-state index contributed by atoms with van der Waals surface area (Å²) in [6, 6.07) is 15.6. The predicted octanol–water partition coefficient (Wildman–Crippen LogP) is 3.62. The van der Waals surface area contributed by atoms with Gasteiger partial charge in [-0.25, -0.2) is 4.98 Å². The highest BCUT2D eigenvalue weighted by atomic mass is 79.9. The summed E-state index contributed by atoms with van der Waals surface area (Å²) in [6.45, 7) is 0. The van der Waals surface area contributed by atoms with E-state index in [1.54, 1.807) is 17.8 Å². The number of hydrogen-bond acceptors (Lipinski definition) is 5. The summed E-state index contributed by atoms with van der Waals surface area (Å²) in [7, 11) is 1.63. The van der Waals surface area contributed by atoms with Gasteiger partial charge in [-0.1, -0.05) is 30.3 Å². The fourth-order valence-electron chi connectivity index (χ4n) is 2.43. The monoisotopic (exact) mass is 381 g/mol. The minimum atomic E-state index is 0.457. The molecule has 2 aromatic heterocycles. The molecule has 0 amide bonds. The van der Waals surface area contributed by atoms with Crippen LogP contribution in [-0.2, 0) is 0 Å². The number of rotatable bonds is 3. The van der Waals surface area contributed by atoms with Crippen LogP contribution >= 0.6 is 15.9 Å². The summed E-state index contributed by atoms with van der Waals surface area (Å²) in [5, 5.41) is 12.8. The normalized spacial score (nSPS) is 10.9. The Morgan fingerprint density at radius 2 is 1.83 bits per heavy atom. The Bertz CT molecular complexity index is 1020. The van der Waals surface area contributed by atoms with E-state index >= 15 is 0 Å². The van der Waals surface area contributed by atoms with Crippen LogP contribution in [0.3, 0.4) is 0 Å². The maximum atomic E-state index is 5.25. The molecule has 7 heteroatoms. The zero-order valence-corrected chi connectivity index (χ0v) is 14.3. The molecule has 0 bridgehead atoms. The molecule has 0 N–H and O–H groups in total. The lowest BCUT2D eigenvalue weighted by Gasteiger charge is -2.05. The van der Waals surface area contributed by atoms with E-state index in [1.807, 2.05) is 48.5 Å². The van der Waals surface area contributed by atoms with Crippen LogP contribution in [0.15, 0.2) is 59.2 Å². The molecule has 0 saturated heterocycles. The van der Waals surface area contributed by atoms with Gasteiger partial charge >= 0.3 is 0 Å². The molecule has 0 atom stereocenters. The minimum Gasteiger partial charge on any atom is -0.496 e. The largest absolute Gasteiger partial charge is 0.496 e. The Hall–Kier alpha value is -2.80. The fraction of sp³-hybridized carbons (Fsp3) is 0.0588. The van der Waals surface area contributed by atoms with Gasteiger partial charge in [0.05, 0.1) is 23.5 Å². The van der Waals surface area contributed by atoms with Gasteiger partial charge in [0.15, 0.2) is 5.82 Å². The third-order valence-corrected chi connectivity index (χ3v) is 4.24. The zero-order valence-electron chi connectivity index (χ0n) is 12.7. The number of methoxy groups -OCH3 is 1. The molecule has 6 nitrogen and oxygen atoms in total. The Morgan fingerprint density at radius 1 is 1.00 bits per heavy atom. The number of fused-ring (bicyclic) bond motifs is 1. The standard InChI is InChI=1S/C17H12BrN5O/c1-24-15-8-7-12(9-13(15)18)16-21-22-17-20-14(10-19-23(16)17)11-5-3-2-4-6-11/h2-10H,1H3. The van der Waals surface area contributed by atoms with E-state index in [1.165, 1.54) is 0 Å². The van der Waals surface area contributed by atoms with Crippen molar-refractivity contribution in [3.05, 3.63) is 59.2 Å². The number of nitrogens with zero attached hydrogens (tertiary/aromatic N) is 5. The molecule has 4 rings (SSSR count). The highest BCUT2D eigenvalue weighted by Gasteiger charge is 2.13. The van der Waals surface area contributed by atoms with Crippen LogP contribution in [0.2, 0.25) is 0 Å². The molecule has 0 radical (unpaired) electrons. The van der Waals surface area contributed by atoms with E-state index in [0.717, 1.165) is 27.0 Å². The van der Waals surface area contributed by atoms with Gasteiger partial charge in [-0.05, 0) is 34.1 Å². The molecular formula is C17H12BrN5O. The number of halogens is 1. The van der Waals surface area contributed by atoms with Crippen molar-refractivity contribution in [3.63, 3.8) is 0 Å². The summed E-state index contributed by atoms with van der Waals surface area (Å²) in [5.74, 6) is 1.84. The van der Waals surface area contributed by atoms with Crippen LogP contribution < -0.4 is 4.74 Å². The topological polar surface area (TPSA) is 65.2 Å². The first-order valence-corrected chi connectivity index (χ1v) is 8.03. The van der Waals surface area contributed by atoms with Gasteiger partial charge in [0.25, 0.3) is 5.78 Å². The Morgan fingerprint density at radius 3 is 2.58 bits per heavy atom. The third-order valence-electron chi connectivity index (χ3n) is 3.62. The first-order valence-electron chi connectivity index (χ1n) is 7.24. The molecule has 24 heavy (non-hydrogen) atoms. The molecule has 2 heterocycles. The number of aromatic nitrogens is 5. The van der Waals surface area contributed by atoms with Crippen molar-refractivity contribution in [3.8, 4) is 28.4 Å². The first kappa shape index (κ1) is 14.8. The number of ether oxygens (including phenoxy) is 1. The molecule has 2 aromatic carbocycles. The van der Waals surface area contributed by atoms with Crippen molar-refractivity contribution < 1.29 is 4.74 Å². The van der Waals surface area contributed by atoms with E-state index < -0.39 is 0 Å². The lowest BCUT2D eigenvalue weighted by Crippen LogP contribution is -1.98. The highest BCUT2D eigenvalue weighted by Crippen LogP contribution is 2.29. The smallest absolute Gasteiger partial charge is 0.272 e. The number of benzene rings is 2. The van der Waals surface area contributed by atoms with Gasteiger partial charge in [0.2, 0.25) is 0 Å². The lowest BCUT2D eigenvalue weighted by atomic mass is 10.2. The van der Waals surface area contributed by atoms with Crippen molar-refractivity contribution in [1.82, 2.24) is 24.8 Å². The Kier molecular flexibility index (Phi) is 3.70. The summed E-state index contributed by atoms with van der Waals surface area (Å²) < 4.78 is 7.72. The quantitative estimate of drug-likeness (QED) is 0.542. The van der Waals surface area contributed by atoms with Gasteiger partial charge in [-0.2, -0.15) is 9.61 Å². The molecule has 118 valence electrons. The van der Waals surface area contributed by atoms with Crippen molar-refractivity contribution in [2.45, 2.75) is 0 Å². The van der Waals surface area contributed by atoms with Crippen molar-refractivity contribution >= 4 is 21.7 Å². The predicted molar refractivity (Wildman–Crippen MR) is 93.7 cm³/mol. The summed E-state index contributed by atoms with van der Waals surface area (Å²) in [6.07, 6.45) is 1.72. The second-order valence-corrected chi connectivity index (χ2v) is 5.95. The van der Waals surface area contributed by atoms with Crippen LogP contribution in [0.4, 0.5) is 0 Å². The van der Waals surface area contributed by atoms with Crippen molar-refractivity contribution in [1.29, 1.82) is 0 Å². The van der Waals surface area contributed by atoms with Gasteiger partial charge in [0.1, 0.15) is 5.75 Å². The highest BCUT2D eigenvalue weighted by molar-refractivity contribution is 9.10. The average molecular weight is 382 g/mol. The molecule has 0 saturated carbocycles. The Balaban J connectivity index is 1.80. The third kappa shape index (κ3) is 2.52. The molecular weight excluding hydrogens is 370 g/mol. The van der Waals surface area contributed by atoms with Crippen molar-refractivity contribution in [2.75, 3.05) is 7.11 Å². The second-order valence-electron chi connectivity index (χ2n) is 5.09. The van der Waals surface area contributed by atoms with E-state index in [-0.39, 0.29) is 0 Å². The summed E-state index contributed by atoms with van der Waals surface area (Å²) in [5.41, 5.74) is 2.62. The molecule has 0 aliphatic rings. The van der Waals surface area contributed by atoms with Gasteiger partial charge in [0, 0.05) is 11.1 Å². The summed E-state index contributed by atoms with van der Waals surface area (Å²) in [4.78, 5) is 4.54. The average Bonchev–Trinajstić information content (AvgIpc) is 3.05. The van der Waals surface area contributed by atoms with Gasteiger partial charge < -0.3 is 4.74 Å². The molecule has 0 fully saturated rings. The van der Waals surface area contributed by atoms with Crippen LogP contribution in [-0.4, -0.2) is 31.9 Å². The zero-order chi connectivity index (χ0) is 16.5. The van der Waals surface area contributed by atoms with Gasteiger partial charge in [-0.15, -0.1) is 10.2 Å². The molecule has 0 spiro atoms. The lowest BCUT2D eigenvalue weighted by molar-refractivity contribution is 0.412. The second kappa shape index (κ2) is 6.01. The van der Waals surface area contributed by atoms with E-state index in [4.69, 9.17) is 4.74 Å². The summed E-state index contributed by atoms with van der Waals surface area (Å²) >= 11 is 3.48. The van der Waals surface area contributed by atoms with Crippen LogP contribution in [0.1, 0.15) is 0 Å². The van der Waals surface area contributed by atoms with Crippen LogP contribution in [0.25, 0.3) is 28.4 Å². The van der Waals surface area contributed by atoms with E-state index in [9.17, 15) is 0 Å². The van der Waals surface area contributed by atoms with E-state index in [2.05, 4.69) is 36.2 Å².